The minimum Gasteiger partial charge on any atom is -0.358 e. The molecule has 5 nitrogen and oxygen atoms in total. The number of aryl methyl sites for hydroxylation is 1. The Bertz CT molecular complexity index is 322. The fourth-order valence-corrected chi connectivity index (χ4v) is 1.63. The van der Waals surface area contributed by atoms with Crippen LogP contribution in [-0.2, 0) is 7.05 Å². The van der Waals surface area contributed by atoms with Crippen LogP contribution in [0, 0.1) is 10.1 Å². The second-order valence-corrected chi connectivity index (χ2v) is 4.46. The summed E-state index contributed by atoms with van der Waals surface area (Å²) in [5.74, 6) is -0.0920. The highest BCUT2D eigenvalue weighted by Gasteiger charge is 2.17. The van der Waals surface area contributed by atoms with Gasteiger partial charge in [-0.05, 0) is 9.91 Å². The maximum atomic E-state index is 10.4. The van der Waals surface area contributed by atoms with Crippen LogP contribution in [0.25, 0.3) is 0 Å². The summed E-state index contributed by atoms with van der Waals surface area (Å²) in [7, 11) is 1.75. The van der Waals surface area contributed by atoms with Crippen molar-refractivity contribution in [3.8, 4) is 0 Å². The van der Waals surface area contributed by atoms with Crippen molar-refractivity contribution in [2.45, 2.75) is 24.3 Å². The number of hydrogen-bond acceptors (Lipinski definition) is 4. The molecule has 1 aromatic rings. The van der Waals surface area contributed by atoms with Gasteiger partial charge in [0.15, 0.2) is 0 Å². The van der Waals surface area contributed by atoms with Crippen molar-refractivity contribution in [2.24, 2.45) is 7.05 Å². The predicted molar refractivity (Wildman–Crippen MR) is 50.9 cm³/mol. The molecule has 0 aliphatic heterocycles. The minimum atomic E-state index is -0.482. The van der Waals surface area contributed by atoms with E-state index in [0.29, 0.717) is 10.4 Å². The van der Waals surface area contributed by atoms with Crippen molar-refractivity contribution in [3.05, 3.63) is 16.3 Å². The lowest BCUT2D eigenvalue weighted by Crippen LogP contribution is -1.93. The molecule has 0 spiro atoms. The molecule has 6 heteroatoms. The van der Waals surface area contributed by atoms with Gasteiger partial charge in [-0.15, -0.1) is 0 Å². The monoisotopic (exact) mass is 201 g/mol. The van der Waals surface area contributed by atoms with Gasteiger partial charge >= 0.3 is 5.82 Å². The Labute approximate surface area is 80.3 Å². The van der Waals surface area contributed by atoms with E-state index in [-0.39, 0.29) is 5.82 Å². The average molecular weight is 201 g/mol. The first kappa shape index (κ1) is 10.0. The van der Waals surface area contributed by atoms with Crippen molar-refractivity contribution in [1.29, 1.82) is 0 Å². The van der Waals surface area contributed by atoms with Gasteiger partial charge in [-0.2, -0.15) is 0 Å². The van der Waals surface area contributed by atoms with Crippen molar-refractivity contribution in [2.75, 3.05) is 0 Å². The second-order valence-electron chi connectivity index (χ2n) is 2.92. The average Bonchev–Trinajstić information content (AvgIpc) is 2.31. The normalized spacial score (nSPS) is 10.8. The summed E-state index contributed by atoms with van der Waals surface area (Å²) in [6.07, 6.45) is 1.42. The molecule has 1 rings (SSSR count). The third-order valence-corrected chi connectivity index (χ3v) is 2.41. The van der Waals surface area contributed by atoms with Crippen LogP contribution in [0.4, 0.5) is 5.82 Å². The first-order valence-electron chi connectivity index (χ1n) is 3.85. The highest BCUT2D eigenvalue weighted by molar-refractivity contribution is 7.99. The molecule has 0 atom stereocenters. The van der Waals surface area contributed by atoms with Crippen molar-refractivity contribution in [3.63, 3.8) is 0 Å². The lowest BCUT2D eigenvalue weighted by molar-refractivity contribution is -0.389. The first-order valence-corrected chi connectivity index (χ1v) is 4.73. The zero-order valence-electron chi connectivity index (χ0n) is 7.72. The number of hydrogen-bond donors (Lipinski definition) is 0. The van der Waals surface area contributed by atoms with E-state index in [1.165, 1.54) is 18.0 Å². The van der Waals surface area contributed by atoms with Gasteiger partial charge in [0.1, 0.15) is 6.20 Å². The van der Waals surface area contributed by atoms with Gasteiger partial charge in [0.25, 0.3) is 5.16 Å². The Balaban J connectivity index is 2.90. The van der Waals surface area contributed by atoms with Crippen LogP contribution in [0.15, 0.2) is 11.4 Å². The highest BCUT2D eigenvalue weighted by atomic mass is 32.2. The van der Waals surface area contributed by atoms with Gasteiger partial charge in [-0.25, -0.2) is 0 Å². The molecule has 0 saturated heterocycles. The lowest BCUT2D eigenvalue weighted by atomic mass is 10.6. The van der Waals surface area contributed by atoms with Crippen molar-refractivity contribution >= 4 is 17.6 Å². The SMILES string of the molecule is CC(C)Sc1nc([N+](=O)[O-])cn1C. The molecule has 0 saturated carbocycles. The van der Waals surface area contributed by atoms with Crippen LogP contribution in [0.2, 0.25) is 0 Å². The molecule has 1 heterocycles. The summed E-state index contributed by atoms with van der Waals surface area (Å²) < 4.78 is 1.67. The molecule has 0 aromatic carbocycles. The predicted octanol–water partition coefficient (Wildman–Crippen LogP) is 1.83. The number of nitro groups is 1. The molecule has 0 aliphatic rings. The molecule has 0 unspecified atom stereocenters. The summed E-state index contributed by atoms with van der Waals surface area (Å²) in [5.41, 5.74) is 0. The maximum absolute atomic E-state index is 10.4. The van der Waals surface area contributed by atoms with Gasteiger partial charge in [0.05, 0.1) is 0 Å². The first-order chi connectivity index (χ1) is 6.00. The van der Waals surface area contributed by atoms with Gasteiger partial charge < -0.3 is 14.7 Å². The van der Waals surface area contributed by atoms with Crippen LogP contribution in [0.5, 0.6) is 0 Å². The van der Waals surface area contributed by atoms with E-state index in [2.05, 4.69) is 4.98 Å². The molecule has 0 amide bonds. The van der Waals surface area contributed by atoms with Crippen molar-refractivity contribution in [1.82, 2.24) is 9.55 Å². The van der Waals surface area contributed by atoms with E-state index in [1.54, 1.807) is 11.6 Å². The van der Waals surface area contributed by atoms with Crippen LogP contribution in [0.1, 0.15) is 13.8 Å². The van der Waals surface area contributed by atoms with E-state index in [4.69, 9.17) is 0 Å². The fraction of sp³-hybridized carbons (Fsp3) is 0.571. The molecule has 0 aliphatic carbocycles. The Hall–Kier alpha value is -1.04. The second kappa shape index (κ2) is 3.78. The van der Waals surface area contributed by atoms with Crippen molar-refractivity contribution < 1.29 is 4.92 Å². The summed E-state index contributed by atoms with van der Waals surface area (Å²) in [4.78, 5) is 13.8. The summed E-state index contributed by atoms with van der Waals surface area (Å²) in [6.45, 7) is 4.04. The molecular formula is C7H11N3O2S. The van der Waals surface area contributed by atoms with E-state index in [9.17, 15) is 10.1 Å². The van der Waals surface area contributed by atoms with Gasteiger partial charge in [-0.1, -0.05) is 25.6 Å². The van der Waals surface area contributed by atoms with E-state index in [0.717, 1.165) is 0 Å². The standard InChI is InChI=1S/C7H11N3O2S/c1-5(2)13-7-8-6(10(11)12)4-9(7)3/h4-5H,1-3H3. The number of rotatable bonds is 3. The van der Waals surface area contributed by atoms with Gasteiger partial charge in [0, 0.05) is 12.3 Å². The number of aromatic nitrogens is 2. The molecule has 0 bridgehead atoms. The van der Waals surface area contributed by atoms with E-state index < -0.39 is 4.92 Å². The Morgan fingerprint density at radius 3 is 2.69 bits per heavy atom. The molecular weight excluding hydrogens is 190 g/mol. The largest absolute Gasteiger partial charge is 0.382 e. The topological polar surface area (TPSA) is 61.0 Å². The van der Waals surface area contributed by atoms with E-state index in [1.807, 2.05) is 13.8 Å². The molecule has 0 fully saturated rings. The van der Waals surface area contributed by atoms with Gasteiger partial charge in [-0.3, -0.25) is 0 Å². The summed E-state index contributed by atoms with van der Waals surface area (Å²) in [6, 6.07) is 0. The third-order valence-electron chi connectivity index (χ3n) is 1.35. The smallest absolute Gasteiger partial charge is 0.358 e. The Morgan fingerprint density at radius 2 is 2.31 bits per heavy atom. The fourth-order valence-electron chi connectivity index (χ4n) is 0.842. The lowest BCUT2D eigenvalue weighted by Gasteiger charge is -1.98. The van der Waals surface area contributed by atoms with Crippen LogP contribution < -0.4 is 0 Å². The molecule has 0 radical (unpaired) electrons. The van der Waals surface area contributed by atoms with Gasteiger partial charge in [0.2, 0.25) is 0 Å². The van der Waals surface area contributed by atoms with Crippen LogP contribution in [0.3, 0.4) is 0 Å². The zero-order valence-corrected chi connectivity index (χ0v) is 8.54. The third kappa shape index (κ3) is 2.45. The van der Waals surface area contributed by atoms with E-state index >= 15 is 0 Å². The maximum Gasteiger partial charge on any atom is 0.382 e. The number of nitrogens with zero attached hydrogens (tertiary/aromatic N) is 3. The minimum absolute atomic E-state index is 0.0920. The van der Waals surface area contributed by atoms with Crippen LogP contribution >= 0.6 is 11.8 Å². The number of imidazole rings is 1. The zero-order chi connectivity index (χ0) is 10.0. The molecule has 0 N–H and O–H groups in total. The Kier molecular flexibility index (Phi) is 2.92. The summed E-state index contributed by atoms with van der Waals surface area (Å²) in [5, 5.41) is 11.4. The number of thioether (sulfide) groups is 1. The molecule has 1 aromatic heterocycles. The van der Waals surface area contributed by atoms with Crippen LogP contribution in [-0.4, -0.2) is 19.7 Å². The summed E-state index contributed by atoms with van der Waals surface area (Å²) >= 11 is 1.51. The Morgan fingerprint density at radius 1 is 1.69 bits per heavy atom. The quantitative estimate of drug-likeness (QED) is 0.425. The molecule has 13 heavy (non-hydrogen) atoms. The molecule has 72 valence electrons. The highest BCUT2D eigenvalue weighted by Crippen LogP contribution is 2.23.